The van der Waals surface area contributed by atoms with E-state index in [2.05, 4.69) is 220 Å². The molecule has 0 radical (unpaired) electrons. The number of anilines is 1. The van der Waals surface area contributed by atoms with Crippen LogP contribution in [0.2, 0.25) is 0 Å². The second-order valence-electron chi connectivity index (χ2n) is 27.8. The summed E-state index contributed by atoms with van der Waals surface area (Å²) in [5.74, 6) is 4.11. The first kappa shape index (κ1) is 71.1. The van der Waals surface area contributed by atoms with Gasteiger partial charge >= 0.3 is 29.5 Å². The van der Waals surface area contributed by atoms with Crippen molar-refractivity contribution in [1.82, 2.24) is 40.3 Å². The van der Waals surface area contributed by atoms with E-state index in [9.17, 15) is 13.2 Å². The van der Waals surface area contributed by atoms with Crippen LogP contribution in [0, 0.1) is 27.7 Å². The minimum atomic E-state index is -4.37. The Labute approximate surface area is 636 Å². The second-order valence-corrected chi connectivity index (χ2v) is 28.8. The number of alkyl halides is 3. The highest BCUT2D eigenvalue weighted by molar-refractivity contribution is 7.13. The van der Waals surface area contributed by atoms with E-state index in [-0.39, 0.29) is 0 Å². The van der Waals surface area contributed by atoms with E-state index in [1.54, 1.807) is 42.3 Å². The van der Waals surface area contributed by atoms with Gasteiger partial charge in [-0.15, -0.1) is 30.1 Å². The Bertz CT molecular complexity index is 6870. The van der Waals surface area contributed by atoms with E-state index in [1.165, 1.54) is 87.2 Å². The fraction of sp³-hybridized carbons (Fsp3) is 0.130. The Morgan fingerprint density at radius 2 is 0.718 bits per heavy atom. The molecule has 0 aliphatic rings. The highest BCUT2D eigenvalue weighted by Crippen LogP contribution is 2.40. The van der Waals surface area contributed by atoms with Crippen LogP contribution in [0.15, 0.2) is 260 Å². The van der Waals surface area contributed by atoms with E-state index < -0.39 is 11.7 Å². The van der Waals surface area contributed by atoms with Crippen molar-refractivity contribution in [3.63, 3.8) is 0 Å². The molecule has 0 fully saturated rings. The van der Waals surface area contributed by atoms with Crippen molar-refractivity contribution in [2.24, 2.45) is 28.2 Å². The van der Waals surface area contributed by atoms with Gasteiger partial charge in [-0.1, -0.05) is 178 Å². The Hall–Kier alpha value is -13.2. The molecule has 19 aromatic rings. The van der Waals surface area contributed by atoms with Crippen LogP contribution < -0.4 is 28.4 Å². The van der Waals surface area contributed by atoms with Gasteiger partial charge in [-0.3, -0.25) is 0 Å². The minimum Gasteiger partial charge on any atom is -0.497 e. The molecule has 19 rings (SSSR count). The van der Waals surface area contributed by atoms with Crippen LogP contribution in [0.4, 0.5) is 18.9 Å². The molecule has 0 aliphatic carbocycles. The Morgan fingerprint density at radius 1 is 0.336 bits per heavy atom. The van der Waals surface area contributed by atoms with Gasteiger partial charge < -0.3 is 9.64 Å². The number of benzene rings is 14. The van der Waals surface area contributed by atoms with Crippen LogP contribution >= 0.6 is 11.3 Å². The van der Waals surface area contributed by atoms with Crippen LogP contribution in [0.25, 0.3) is 165 Å². The number of halogens is 3. The number of fused-ring (bicyclic) bond motifs is 10. The third kappa shape index (κ3) is 13.8. The number of thiophene rings is 1. The summed E-state index contributed by atoms with van der Waals surface area (Å²) < 4.78 is 51.5. The van der Waals surface area contributed by atoms with Crippen LogP contribution in [0.1, 0.15) is 27.8 Å². The normalized spacial score (nSPS) is 11.5. The molecular weight excluding hydrogens is 1390 g/mol. The molecule has 0 unspecified atom stereocenters. The largest absolute Gasteiger partial charge is 0.497 e. The first-order valence-corrected chi connectivity index (χ1v) is 37.0. The lowest BCUT2D eigenvalue weighted by Crippen LogP contribution is -2.37. The summed E-state index contributed by atoms with van der Waals surface area (Å²) in [6, 6.07) is 84.6. The van der Waals surface area contributed by atoms with Crippen molar-refractivity contribution < 1.29 is 36.6 Å². The summed E-state index contributed by atoms with van der Waals surface area (Å²) in [5.41, 5.74) is 17.3. The van der Waals surface area contributed by atoms with Crippen molar-refractivity contribution in [2.45, 2.75) is 33.9 Å². The number of aryl methyl sites for hydroxylation is 8. The predicted molar refractivity (Wildman–Crippen MR) is 438 cm³/mol. The number of nitrogens with zero attached hydrogens (tertiary/aromatic N) is 13. The van der Waals surface area contributed by atoms with Crippen molar-refractivity contribution in [2.75, 3.05) is 26.1 Å². The summed E-state index contributed by atoms with van der Waals surface area (Å²) >= 11 is 1.77. The zero-order chi connectivity index (χ0) is 76.2. The number of rotatable bonds is 7. The van der Waals surface area contributed by atoms with Crippen molar-refractivity contribution in [3.8, 4) is 61.7 Å². The Kier molecular flexibility index (Phi) is 18.9. The standard InChI is InChI=1S/C27H20N3S.C25H23N4.C20H15F3N3.C20H18N3O/c1-17-20-10-5-6-11-21(20)23(26-12-7-13-31-26)16-22(17)27-28-24-14-18-8-3-4-9-19(18)15-25(24)29-30(27)2;1-16-19-11-7-8-12-20(19)24(28(2)3)15-21(16)25-26-22-13-17-9-5-6-10-18(17)14-23(22)27-29(25)4;1-12-5-3-4-6-16(12)19-24-17-10-13-7-8-15(20(21,22)23)9-14(13)11-18(17)25-26(19)2;1-13-8-9-16(24-3)12-17(13)20-21-18-10-14-6-4-5-7-15(14)11-19(18)22-23(20)2/h3-16H,1-2H3;5-15H,1-4H3;3-11H,1-2H3;4-12H,1-3H3/q4*+1. The van der Waals surface area contributed by atoms with Gasteiger partial charge in [-0.05, 0) is 232 Å². The van der Waals surface area contributed by atoms with Crippen molar-refractivity contribution >= 4 is 126 Å². The zero-order valence-electron chi connectivity index (χ0n) is 62.6. The molecule has 5 heterocycles. The Morgan fingerprint density at radius 3 is 1.16 bits per heavy atom. The predicted octanol–water partition coefficient (Wildman–Crippen LogP) is 19.5. The number of methoxy groups -OCH3 is 1. The van der Waals surface area contributed by atoms with Gasteiger partial charge in [0.05, 0.1) is 34.9 Å². The molecule has 0 amide bonds. The van der Waals surface area contributed by atoms with Crippen LogP contribution in [0.5, 0.6) is 5.75 Å². The van der Waals surface area contributed by atoms with Gasteiger partial charge in [0.25, 0.3) is 0 Å². The van der Waals surface area contributed by atoms with Crippen LogP contribution in [0.3, 0.4) is 0 Å². The van der Waals surface area contributed by atoms with Gasteiger partial charge in [0.15, 0.2) is 22.1 Å². The third-order valence-corrected chi connectivity index (χ3v) is 21.3. The van der Waals surface area contributed by atoms with E-state index in [0.29, 0.717) is 27.6 Å². The highest BCUT2D eigenvalue weighted by atomic mass is 32.1. The van der Waals surface area contributed by atoms with E-state index in [1.807, 2.05) is 96.7 Å². The van der Waals surface area contributed by atoms with E-state index >= 15 is 0 Å². The quantitative estimate of drug-likeness (QED) is 0.112. The maximum absolute atomic E-state index is 12.9. The average molecular weight is 1470 g/mol. The van der Waals surface area contributed by atoms with E-state index in [0.717, 1.165) is 102 Å². The summed E-state index contributed by atoms with van der Waals surface area (Å²) in [6.45, 7) is 8.42. The molecule has 0 atom stereocenters. The molecule has 110 heavy (non-hydrogen) atoms. The maximum atomic E-state index is 12.9. The lowest BCUT2D eigenvalue weighted by atomic mass is 9.94. The van der Waals surface area contributed by atoms with Crippen LogP contribution in [-0.4, -0.2) is 61.5 Å². The molecule has 0 saturated carbocycles. The average Bonchev–Trinajstić information content (AvgIpc) is 1.41. The lowest BCUT2D eigenvalue weighted by Gasteiger charge is -2.18. The first-order chi connectivity index (χ1) is 53.2. The molecule has 0 bridgehead atoms. The summed E-state index contributed by atoms with van der Waals surface area (Å²) in [7, 11) is 13.5. The number of aromatic nitrogens is 12. The number of ether oxygens (including phenoxy) is 1. The lowest BCUT2D eigenvalue weighted by molar-refractivity contribution is -0.720. The molecule has 0 saturated heterocycles. The van der Waals surface area contributed by atoms with Gasteiger partial charge in [0, 0.05) is 35.6 Å². The number of hydrogen-bond acceptors (Lipinski definition) is 11. The molecule has 14 nitrogen and oxygen atoms in total. The molecular formula is C92H76F3N13OS+4. The van der Waals surface area contributed by atoms with Crippen molar-refractivity contribution in [1.29, 1.82) is 0 Å². The molecule has 0 N–H and O–H groups in total. The molecule has 538 valence electrons. The van der Waals surface area contributed by atoms with Gasteiger partial charge in [0.1, 0.15) is 33.9 Å². The topological polar surface area (TPSA) is 131 Å². The third-order valence-electron chi connectivity index (χ3n) is 20.4. The molecule has 14 aromatic carbocycles. The summed E-state index contributed by atoms with van der Waals surface area (Å²) in [6.07, 6.45) is -4.37. The van der Waals surface area contributed by atoms with Crippen molar-refractivity contribution in [3.05, 3.63) is 288 Å². The zero-order valence-corrected chi connectivity index (χ0v) is 63.4. The Balaban J connectivity index is 0.000000112. The van der Waals surface area contributed by atoms with Crippen LogP contribution in [-0.2, 0) is 34.4 Å². The van der Waals surface area contributed by atoms with Gasteiger partial charge in [-0.2, -0.15) is 13.2 Å². The van der Waals surface area contributed by atoms with E-state index in [4.69, 9.17) is 40.0 Å². The summed E-state index contributed by atoms with van der Waals surface area (Å²) in [5, 5.41) is 34.3. The molecule has 0 aliphatic heterocycles. The van der Waals surface area contributed by atoms with Gasteiger partial charge in [-0.25, -0.2) is 0 Å². The second kappa shape index (κ2) is 29.2. The monoisotopic (exact) mass is 1470 g/mol. The van der Waals surface area contributed by atoms with Gasteiger partial charge in [0.2, 0.25) is 22.1 Å². The molecule has 0 spiro atoms. The minimum absolute atomic E-state index is 0.491. The number of hydrogen-bond donors (Lipinski definition) is 0. The first-order valence-electron chi connectivity index (χ1n) is 36.1. The molecule has 5 aromatic heterocycles. The summed E-state index contributed by atoms with van der Waals surface area (Å²) in [4.78, 5) is 23.1. The fourth-order valence-electron chi connectivity index (χ4n) is 14.6. The smallest absolute Gasteiger partial charge is 0.416 e. The fourth-order valence-corrected chi connectivity index (χ4v) is 15.3. The maximum Gasteiger partial charge on any atom is 0.416 e. The SMILES string of the molecule is COc1ccc(C)c(-c2nc3cc4ccccc4cc3n[n+]2C)c1.Cc1c(-c2nc3cc4ccccc4cc3n[n+]2C)cc(-c2cccs2)c2ccccc12.Cc1c(-c2nc3cc4ccccc4cc3n[n+]2C)cc(N(C)C)c2ccccc12.Cc1ccccc1-c1nc2cc3ccc(C(F)(F)F)cc3cc2n[n+]1C. The highest BCUT2D eigenvalue weighted by Gasteiger charge is 2.32. The molecule has 18 heteroatoms.